The molecule has 0 spiro atoms. The van der Waals surface area contributed by atoms with E-state index >= 15 is 0 Å². The van der Waals surface area contributed by atoms with Crippen molar-refractivity contribution in [2.45, 2.75) is 44.9 Å². The highest BCUT2D eigenvalue weighted by molar-refractivity contribution is 9.10. The van der Waals surface area contributed by atoms with Gasteiger partial charge < -0.3 is 5.32 Å². The van der Waals surface area contributed by atoms with Crippen LogP contribution in [0.1, 0.15) is 44.9 Å². The molecule has 1 fully saturated rings. The first-order valence-electron chi connectivity index (χ1n) is 6.90. The van der Waals surface area contributed by atoms with Crippen molar-refractivity contribution in [3.8, 4) is 0 Å². The van der Waals surface area contributed by atoms with E-state index in [-0.39, 0.29) is 5.91 Å². The van der Waals surface area contributed by atoms with E-state index < -0.39 is 0 Å². The molecular formula is C15H19BrClNO. The second-order valence-corrected chi connectivity index (χ2v) is 6.50. The van der Waals surface area contributed by atoms with Gasteiger partial charge in [-0.25, -0.2) is 0 Å². The molecule has 0 heterocycles. The van der Waals surface area contributed by atoms with Gasteiger partial charge in [0.1, 0.15) is 0 Å². The number of carbonyl (C=O) groups is 1. The molecule has 1 aliphatic rings. The molecule has 0 bridgehead atoms. The number of anilines is 1. The van der Waals surface area contributed by atoms with Gasteiger partial charge in [0, 0.05) is 16.6 Å². The third-order valence-electron chi connectivity index (χ3n) is 3.65. The van der Waals surface area contributed by atoms with Crippen molar-refractivity contribution in [2.75, 3.05) is 5.32 Å². The van der Waals surface area contributed by atoms with Gasteiger partial charge in [0.05, 0.1) is 5.02 Å². The first kappa shape index (κ1) is 14.9. The molecule has 1 amide bonds. The molecule has 0 unspecified atom stereocenters. The van der Waals surface area contributed by atoms with E-state index in [1.54, 1.807) is 6.07 Å². The van der Waals surface area contributed by atoms with Crippen molar-refractivity contribution in [2.24, 2.45) is 5.92 Å². The van der Waals surface area contributed by atoms with Gasteiger partial charge in [0.2, 0.25) is 5.91 Å². The summed E-state index contributed by atoms with van der Waals surface area (Å²) in [7, 11) is 0. The number of nitrogens with one attached hydrogen (secondary N) is 1. The summed E-state index contributed by atoms with van der Waals surface area (Å²) in [6.07, 6.45) is 8.20. The van der Waals surface area contributed by atoms with Gasteiger partial charge in [-0.1, -0.05) is 37.3 Å². The zero-order chi connectivity index (χ0) is 13.7. The van der Waals surface area contributed by atoms with Crippen LogP contribution in [0, 0.1) is 5.92 Å². The molecule has 0 aliphatic heterocycles. The van der Waals surface area contributed by atoms with Crippen LogP contribution in [0.4, 0.5) is 5.69 Å². The number of halogens is 2. The van der Waals surface area contributed by atoms with Crippen molar-refractivity contribution in [3.63, 3.8) is 0 Å². The second kappa shape index (κ2) is 7.30. The minimum Gasteiger partial charge on any atom is -0.326 e. The standard InChI is InChI=1S/C15H19BrClNO/c16-13-10-12(7-8-14(13)17)18-15(19)9-11-5-3-1-2-4-6-11/h7-8,10-11H,1-6,9H2,(H,18,19). The highest BCUT2D eigenvalue weighted by Crippen LogP contribution is 2.27. The van der Waals surface area contributed by atoms with Gasteiger partial charge in [-0.05, 0) is 52.9 Å². The summed E-state index contributed by atoms with van der Waals surface area (Å²) < 4.78 is 0.807. The van der Waals surface area contributed by atoms with E-state index in [4.69, 9.17) is 11.6 Å². The summed E-state index contributed by atoms with van der Waals surface area (Å²) >= 11 is 9.29. The van der Waals surface area contributed by atoms with Crippen LogP contribution in [0.5, 0.6) is 0 Å². The van der Waals surface area contributed by atoms with Crippen LogP contribution in [-0.2, 0) is 4.79 Å². The van der Waals surface area contributed by atoms with E-state index in [9.17, 15) is 4.79 Å². The van der Waals surface area contributed by atoms with Crippen molar-refractivity contribution in [1.82, 2.24) is 0 Å². The van der Waals surface area contributed by atoms with Crippen molar-refractivity contribution >= 4 is 39.1 Å². The lowest BCUT2D eigenvalue weighted by molar-refractivity contribution is -0.117. The largest absolute Gasteiger partial charge is 0.326 e. The predicted molar refractivity (Wildman–Crippen MR) is 83.6 cm³/mol. The van der Waals surface area contributed by atoms with Crippen LogP contribution < -0.4 is 5.32 Å². The third-order valence-corrected chi connectivity index (χ3v) is 4.87. The summed E-state index contributed by atoms with van der Waals surface area (Å²) in [5.41, 5.74) is 0.801. The van der Waals surface area contributed by atoms with Gasteiger partial charge in [0.25, 0.3) is 0 Å². The van der Waals surface area contributed by atoms with Gasteiger partial charge in [-0.2, -0.15) is 0 Å². The molecule has 0 saturated heterocycles. The molecule has 0 aromatic heterocycles. The van der Waals surface area contributed by atoms with E-state index in [1.807, 2.05) is 12.1 Å². The minimum absolute atomic E-state index is 0.112. The van der Waals surface area contributed by atoms with Crippen LogP contribution in [0.15, 0.2) is 22.7 Å². The molecule has 0 radical (unpaired) electrons. The smallest absolute Gasteiger partial charge is 0.224 e. The van der Waals surface area contributed by atoms with Gasteiger partial charge >= 0.3 is 0 Å². The number of rotatable bonds is 3. The molecule has 1 aliphatic carbocycles. The summed E-state index contributed by atoms with van der Waals surface area (Å²) in [6.45, 7) is 0. The lowest BCUT2D eigenvalue weighted by atomic mass is 9.96. The molecule has 4 heteroatoms. The van der Waals surface area contributed by atoms with Crippen LogP contribution in [0.2, 0.25) is 5.02 Å². The Morgan fingerprint density at radius 2 is 1.95 bits per heavy atom. The Bertz CT molecular complexity index is 442. The Kier molecular flexibility index (Phi) is 5.71. The maximum atomic E-state index is 12.0. The molecule has 2 nitrogen and oxygen atoms in total. The topological polar surface area (TPSA) is 29.1 Å². The summed E-state index contributed by atoms with van der Waals surface area (Å²) in [5, 5.41) is 3.60. The molecular weight excluding hydrogens is 326 g/mol. The Morgan fingerprint density at radius 1 is 1.26 bits per heavy atom. The Morgan fingerprint density at radius 3 is 2.58 bits per heavy atom. The summed E-state index contributed by atoms with van der Waals surface area (Å²) in [5.74, 6) is 0.666. The molecule has 19 heavy (non-hydrogen) atoms. The molecule has 104 valence electrons. The van der Waals surface area contributed by atoms with Gasteiger partial charge in [0.15, 0.2) is 0 Å². The maximum Gasteiger partial charge on any atom is 0.224 e. The van der Waals surface area contributed by atoms with Crippen LogP contribution >= 0.6 is 27.5 Å². The number of benzene rings is 1. The lowest BCUT2D eigenvalue weighted by Crippen LogP contribution is -2.16. The fraction of sp³-hybridized carbons (Fsp3) is 0.533. The van der Waals surface area contributed by atoms with Crippen molar-refractivity contribution in [1.29, 1.82) is 0 Å². The Balaban J connectivity index is 1.87. The molecule has 1 aromatic carbocycles. The van der Waals surface area contributed by atoms with Crippen LogP contribution in [0.3, 0.4) is 0 Å². The van der Waals surface area contributed by atoms with E-state index in [0.29, 0.717) is 17.4 Å². The normalized spacial score (nSPS) is 16.9. The Hall–Kier alpha value is -0.540. The fourth-order valence-electron chi connectivity index (χ4n) is 2.62. The fourth-order valence-corrected chi connectivity index (χ4v) is 3.11. The highest BCUT2D eigenvalue weighted by Gasteiger charge is 2.16. The summed E-state index contributed by atoms with van der Waals surface area (Å²) in [4.78, 5) is 12.0. The molecule has 0 atom stereocenters. The zero-order valence-electron chi connectivity index (χ0n) is 10.9. The van der Waals surface area contributed by atoms with Crippen molar-refractivity contribution in [3.05, 3.63) is 27.7 Å². The minimum atomic E-state index is 0.112. The highest BCUT2D eigenvalue weighted by atomic mass is 79.9. The SMILES string of the molecule is O=C(CC1CCCCCC1)Nc1ccc(Cl)c(Br)c1. The lowest BCUT2D eigenvalue weighted by Gasteiger charge is -2.13. The zero-order valence-corrected chi connectivity index (χ0v) is 13.3. The predicted octanol–water partition coefficient (Wildman–Crippen LogP) is 5.40. The molecule has 1 aromatic rings. The second-order valence-electron chi connectivity index (χ2n) is 5.24. The monoisotopic (exact) mass is 343 g/mol. The average molecular weight is 345 g/mol. The van der Waals surface area contributed by atoms with Crippen LogP contribution in [0.25, 0.3) is 0 Å². The molecule has 2 rings (SSSR count). The van der Waals surface area contributed by atoms with Crippen LogP contribution in [-0.4, -0.2) is 5.91 Å². The number of amides is 1. The maximum absolute atomic E-state index is 12.0. The first-order valence-corrected chi connectivity index (χ1v) is 8.07. The molecule has 1 saturated carbocycles. The van der Waals surface area contributed by atoms with E-state index in [1.165, 1.54) is 38.5 Å². The quantitative estimate of drug-likeness (QED) is 0.731. The number of hydrogen-bond acceptors (Lipinski definition) is 1. The average Bonchev–Trinajstić information content (AvgIpc) is 2.62. The first-order chi connectivity index (χ1) is 9.15. The number of carbonyl (C=O) groups excluding carboxylic acids is 1. The third kappa shape index (κ3) is 4.81. The van der Waals surface area contributed by atoms with Crippen molar-refractivity contribution < 1.29 is 4.79 Å². The Labute approximate surface area is 128 Å². The van der Waals surface area contributed by atoms with Gasteiger partial charge in [-0.3, -0.25) is 4.79 Å². The summed E-state index contributed by atoms with van der Waals surface area (Å²) in [6, 6.07) is 5.46. The number of hydrogen-bond donors (Lipinski definition) is 1. The molecule has 1 N–H and O–H groups in total. The van der Waals surface area contributed by atoms with Gasteiger partial charge in [-0.15, -0.1) is 0 Å². The van der Waals surface area contributed by atoms with E-state index in [2.05, 4.69) is 21.2 Å². The van der Waals surface area contributed by atoms with E-state index in [0.717, 1.165) is 10.2 Å².